The van der Waals surface area contributed by atoms with Gasteiger partial charge in [-0.3, -0.25) is 0 Å². The lowest BCUT2D eigenvalue weighted by atomic mass is 10.1. The van der Waals surface area contributed by atoms with E-state index in [1.54, 1.807) is 0 Å². The SMILES string of the molecule is Cc1nsc(N[C@H]2CCC[C@H]2CO)n1. The molecule has 2 N–H and O–H groups in total. The minimum absolute atomic E-state index is 0.273. The molecular formula is C9H15N3OS. The van der Waals surface area contributed by atoms with E-state index in [9.17, 15) is 0 Å². The molecule has 0 radical (unpaired) electrons. The molecule has 1 aromatic rings. The molecule has 0 amide bonds. The standard InChI is InChI=1S/C9H15N3OS/c1-6-10-9(14-12-6)11-8-4-2-3-7(8)5-13/h7-8,13H,2-5H2,1H3,(H,10,11,12)/t7-,8-/m0/s1. The zero-order valence-corrected chi connectivity index (χ0v) is 9.05. The molecule has 0 bridgehead atoms. The second-order valence-corrected chi connectivity index (χ2v) is 4.52. The summed E-state index contributed by atoms with van der Waals surface area (Å²) in [7, 11) is 0. The van der Waals surface area contributed by atoms with Crippen molar-refractivity contribution >= 4 is 16.7 Å². The van der Waals surface area contributed by atoms with Gasteiger partial charge in [-0.1, -0.05) is 6.42 Å². The van der Waals surface area contributed by atoms with Crippen molar-refractivity contribution in [3.05, 3.63) is 5.82 Å². The van der Waals surface area contributed by atoms with Gasteiger partial charge in [0.2, 0.25) is 5.13 Å². The van der Waals surface area contributed by atoms with Gasteiger partial charge < -0.3 is 10.4 Å². The molecular weight excluding hydrogens is 198 g/mol. The largest absolute Gasteiger partial charge is 0.396 e. The normalized spacial score (nSPS) is 26.7. The highest BCUT2D eigenvalue weighted by molar-refractivity contribution is 7.09. The number of aliphatic hydroxyl groups excluding tert-OH is 1. The van der Waals surface area contributed by atoms with Crippen LogP contribution in [0.5, 0.6) is 0 Å². The van der Waals surface area contributed by atoms with Crippen LogP contribution in [0, 0.1) is 12.8 Å². The van der Waals surface area contributed by atoms with Gasteiger partial charge in [0.25, 0.3) is 0 Å². The summed E-state index contributed by atoms with van der Waals surface area (Å²) in [5.74, 6) is 1.20. The van der Waals surface area contributed by atoms with E-state index in [-0.39, 0.29) is 6.61 Å². The Kier molecular flexibility index (Phi) is 2.98. The minimum atomic E-state index is 0.273. The quantitative estimate of drug-likeness (QED) is 0.797. The summed E-state index contributed by atoms with van der Waals surface area (Å²) < 4.78 is 4.12. The summed E-state index contributed by atoms with van der Waals surface area (Å²) in [6.07, 6.45) is 3.44. The van der Waals surface area contributed by atoms with E-state index in [1.165, 1.54) is 18.0 Å². The van der Waals surface area contributed by atoms with Crippen molar-refractivity contribution in [1.29, 1.82) is 0 Å². The fourth-order valence-electron chi connectivity index (χ4n) is 1.96. The van der Waals surface area contributed by atoms with Crippen molar-refractivity contribution in [1.82, 2.24) is 9.36 Å². The number of aliphatic hydroxyl groups is 1. The second kappa shape index (κ2) is 4.23. The monoisotopic (exact) mass is 213 g/mol. The summed E-state index contributed by atoms with van der Waals surface area (Å²) in [4.78, 5) is 4.26. The van der Waals surface area contributed by atoms with E-state index >= 15 is 0 Å². The lowest BCUT2D eigenvalue weighted by molar-refractivity contribution is 0.222. The molecule has 78 valence electrons. The van der Waals surface area contributed by atoms with Crippen molar-refractivity contribution in [2.45, 2.75) is 32.2 Å². The molecule has 4 nitrogen and oxygen atoms in total. The molecule has 0 aromatic carbocycles. The average Bonchev–Trinajstić information content (AvgIpc) is 2.76. The van der Waals surface area contributed by atoms with E-state index in [0.717, 1.165) is 23.8 Å². The van der Waals surface area contributed by atoms with Crippen LogP contribution < -0.4 is 5.32 Å². The summed E-state index contributed by atoms with van der Waals surface area (Å²) in [5.41, 5.74) is 0. The van der Waals surface area contributed by atoms with E-state index in [1.807, 2.05) is 6.92 Å². The molecule has 0 unspecified atom stereocenters. The smallest absolute Gasteiger partial charge is 0.202 e. The first kappa shape index (κ1) is 9.86. The van der Waals surface area contributed by atoms with Crippen LogP contribution in [0.1, 0.15) is 25.1 Å². The zero-order chi connectivity index (χ0) is 9.97. The number of nitrogens with one attached hydrogen (secondary N) is 1. The first-order valence-electron chi connectivity index (χ1n) is 4.97. The molecule has 0 aliphatic heterocycles. The van der Waals surface area contributed by atoms with Gasteiger partial charge in [-0.2, -0.15) is 4.37 Å². The molecule has 1 aliphatic rings. The van der Waals surface area contributed by atoms with Crippen molar-refractivity contribution in [2.24, 2.45) is 5.92 Å². The number of aromatic nitrogens is 2. The van der Waals surface area contributed by atoms with Gasteiger partial charge in [0.15, 0.2) is 0 Å². The molecule has 1 aliphatic carbocycles. The van der Waals surface area contributed by atoms with Crippen molar-refractivity contribution in [3.63, 3.8) is 0 Å². The number of aryl methyl sites for hydroxylation is 1. The molecule has 1 heterocycles. The lowest BCUT2D eigenvalue weighted by Gasteiger charge is -2.17. The van der Waals surface area contributed by atoms with Crippen molar-refractivity contribution < 1.29 is 5.11 Å². The van der Waals surface area contributed by atoms with Gasteiger partial charge in [-0.25, -0.2) is 4.98 Å². The molecule has 2 atom stereocenters. The molecule has 1 saturated carbocycles. The Hall–Kier alpha value is -0.680. The first-order chi connectivity index (χ1) is 6.79. The number of rotatable bonds is 3. The van der Waals surface area contributed by atoms with E-state index in [2.05, 4.69) is 14.7 Å². The minimum Gasteiger partial charge on any atom is -0.396 e. The van der Waals surface area contributed by atoms with Crippen LogP contribution in [0.25, 0.3) is 0 Å². The number of anilines is 1. The van der Waals surface area contributed by atoms with Crippen LogP contribution >= 0.6 is 11.5 Å². The summed E-state index contributed by atoms with van der Waals surface area (Å²) in [5, 5.41) is 13.4. The zero-order valence-electron chi connectivity index (χ0n) is 8.23. The fourth-order valence-corrected chi connectivity index (χ4v) is 2.60. The highest BCUT2D eigenvalue weighted by Gasteiger charge is 2.26. The Morgan fingerprint density at radius 2 is 2.43 bits per heavy atom. The van der Waals surface area contributed by atoms with Crippen LogP contribution in [0.3, 0.4) is 0 Å². The average molecular weight is 213 g/mol. The number of nitrogens with zero attached hydrogens (tertiary/aromatic N) is 2. The van der Waals surface area contributed by atoms with E-state index in [4.69, 9.17) is 5.11 Å². The van der Waals surface area contributed by atoms with Crippen LogP contribution in [0.15, 0.2) is 0 Å². The maximum atomic E-state index is 9.15. The Morgan fingerprint density at radius 3 is 3.07 bits per heavy atom. The highest BCUT2D eigenvalue weighted by Crippen LogP contribution is 2.28. The molecule has 5 heteroatoms. The Bertz CT molecular complexity index is 302. The van der Waals surface area contributed by atoms with Crippen LogP contribution in [0.4, 0.5) is 5.13 Å². The molecule has 0 spiro atoms. The molecule has 0 saturated heterocycles. The predicted molar refractivity (Wildman–Crippen MR) is 56.5 cm³/mol. The van der Waals surface area contributed by atoms with Crippen LogP contribution in [-0.4, -0.2) is 27.1 Å². The summed E-state index contributed by atoms with van der Waals surface area (Å²) in [6.45, 7) is 2.16. The molecule has 14 heavy (non-hydrogen) atoms. The van der Waals surface area contributed by atoms with E-state index < -0.39 is 0 Å². The third-order valence-corrected chi connectivity index (χ3v) is 3.47. The topological polar surface area (TPSA) is 58.0 Å². The highest BCUT2D eigenvalue weighted by atomic mass is 32.1. The Labute approximate surface area is 87.5 Å². The van der Waals surface area contributed by atoms with Gasteiger partial charge in [-0.15, -0.1) is 0 Å². The summed E-state index contributed by atoms with van der Waals surface area (Å²) in [6, 6.07) is 0.382. The third-order valence-electron chi connectivity index (χ3n) is 2.73. The van der Waals surface area contributed by atoms with Crippen LogP contribution in [-0.2, 0) is 0 Å². The second-order valence-electron chi connectivity index (χ2n) is 3.77. The predicted octanol–water partition coefficient (Wildman–Crippen LogP) is 1.42. The maximum absolute atomic E-state index is 9.15. The van der Waals surface area contributed by atoms with Crippen LogP contribution in [0.2, 0.25) is 0 Å². The van der Waals surface area contributed by atoms with Gasteiger partial charge in [0, 0.05) is 30.1 Å². The fraction of sp³-hybridized carbons (Fsp3) is 0.778. The number of hydrogen-bond acceptors (Lipinski definition) is 5. The Balaban J connectivity index is 1.96. The van der Waals surface area contributed by atoms with Gasteiger partial charge >= 0.3 is 0 Å². The number of hydrogen-bond donors (Lipinski definition) is 2. The molecule has 1 aromatic heterocycles. The Morgan fingerprint density at radius 1 is 1.57 bits per heavy atom. The van der Waals surface area contributed by atoms with E-state index in [0.29, 0.717) is 12.0 Å². The summed E-state index contributed by atoms with van der Waals surface area (Å²) >= 11 is 1.40. The van der Waals surface area contributed by atoms with Gasteiger partial charge in [0.1, 0.15) is 5.82 Å². The lowest BCUT2D eigenvalue weighted by Crippen LogP contribution is -2.26. The van der Waals surface area contributed by atoms with Crippen molar-refractivity contribution in [3.8, 4) is 0 Å². The van der Waals surface area contributed by atoms with Gasteiger partial charge in [-0.05, 0) is 19.8 Å². The molecule has 1 fully saturated rings. The van der Waals surface area contributed by atoms with Gasteiger partial charge in [0.05, 0.1) is 0 Å². The van der Waals surface area contributed by atoms with Crippen molar-refractivity contribution in [2.75, 3.05) is 11.9 Å². The third kappa shape index (κ3) is 2.04. The first-order valence-corrected chi connectivity index (χ1v) is 5.74. The molecule has 2 rings (SSSR count). The maximum Gasteiger partial charge on any atom is 0.202 e.